The zero-order chi connectivity index (χ0) is 26.7. The number of amides is 1. The summed E-state index contributed by atoms with van der Waals surface area (Å²) >= 11 is 0. The van der Waals surface area contributed by atoms with Crippen LogP contribution in [0.2, 0.25) is 0 Å². The Labute approximate surface area is 208 Å². The van der Waals surface area contributed by atoms with E-state index in [1.807, 2.05) is 0 Å². The zero-order valence-electron chi connectivity index (χ0n) is 19.1. The van der Waals surface area contributed by atoms with Crippen molar-refractivity contribution in [3.05, 3.63) is 113 Å². The number of carbonyl (C=O) groups is 1. The quantitative estimate of drug-likeness (QED) is 0.279. The maximum Gasteiger partial charge on any atom is 0.298 e. The second-order valence-corrected chi connectivity index (χ2v) is 7.99. The molecule has 190 valence electrons. The monoisotopic (exact) mass is 508 g/mol. The maximum absolute atomic E-state index is 13.4. The number of nitrogens with two attached hydrogens (primary N) is 1. The third-order valence-electron chi connectivity index (χ3n) is 5.88. The van der Waals surface area contributed by atoms with Crippen LogP contribution in [0.5, 0.6) is 0 Å². The Morgan fingerprint density at radius 1 is 1.03 bits per heavy atom. The number of nitro groups is 3. The molecule has 15 heteroatoms. The topological polar surface area (TPSA) is 212 Å². The van der Waals surface area contributed by atoms with E-state index < -0.39 is 38.0 Å². The van der Waals surface area contributed by atoms with Gasteiger partial charge in [-0.05, 0) is 12.5 Å². The Morgan fingerprint density at radius 3 is 2.35 bits per heavy atom. The fourth-order valence-corrected chi connectivity index (χ4v) is 4.31. The standard InChI is InChI=1S/C22H20N8O7/c23-20-18(22(31)26-25-12-13-6-1-3-8-15(13)28(32)33)17(14-7-2-4-9-16(14)29(34)35)19(30(36)37)21-24-10-5-11-27(20)21/h1-4,6-9,12,17,24H,5,10-11,23H2,(H,26,31)/b25-12+. The number of para-hydroxylation sites is 2. The molecule has 1 amide bonds. The predicted octanol–water partition coefficient (Wildman–Crippen LogP) is 1.66. The van der Waals surface area contributed by atoms with Gasteiger partial charge in [0.25, 0.3) is 23.0 Å². The van der Waals surface area contributed by atoms with Crippen molar-refractivity contribution in [1.82, 2.24) is 15.6 Å². The first-order valence-electron chi connectivity index (χ1n) is 10.9. The number of nitrogens with one attached hydrogen (secondary N) is 2. The summed E-state index contributed by atoms with van der Waals surface area (Å²) in [5, 5.41) is 42.0. The number of allylic oxidation sites excluding steroid dienone is 1. The summed E-state index contributed by atoms with van der Waals surface area (Å²) in [4.78, 5) is 48.0. The van der Waals surface area contributed by atoms with Crippen LogP contribution in [0.3, 0.4) is 0 Å². The molecule has 0 saturated carbocycles. The lowest BCUT2D eigenvalue weighted by Gasteiger charge is -2.38. The summed E-state index contributed by atoms with van der Waals surface area (Å²) in [6.07, 6.45) is 1.61. The highest BCUT2D eigenvalue weighted by Gasteiger charge is 2.47. The van der Waals surface area contributed by atoms with Crippen LogP contribution < -0.4 is 16.5 Å². The number of hydrogen-bond acceptors (Lipinski definition) is 11. The van der Waals surface area contributed by atoms with Gasteiger partial charge in [0, 0.05) is 30.8 Å². The minimum Gasteiger partial charge on any atom is -0.385 e. The molecule has 4 N–H and O–H groups in total. The second-order valence-electron chi connectivity index (χ2n) is 7.99. The molecule has 2 aliphatic rings. The molecule has 15 nitrogen and oxygen atoms in total. The van der Waals surface area contributed by atoms with E-state index in [4.69, 9.17) is 5.73 Å². The average Bonchev–Trinajstić information content (AvgIpc) is 2.88. The van der Waals surface area contributed by atoms with Gasteiger partial charge in [0.05, 0.1) is 32.1 Å². The van der Waals surface area contributed by atoms with E-state index in [1.165, 1.54) is 47.4 Å². The van der Waals surface area contributed by atoms with E-state index in [-0.39, 0.29) is 40.6 Å². The van der Waals surface area contributed by atoms with E-state index in [9.17, 15) is 35.1 Å². The van der Waals surface area contributed by atoms with Crippen molar-refractivity contribution in [3.8, 4) is 0 Å². The van der Waals surface area contributed by atoms with Crippen molar-refractivity contribution in [1.29, 1.82) is 0 Å². The van der Waals surface area contributed by atoms with Crippen molar-refractivity contribution in [2.24, 2.45) is 10.8 Å². The van der Waals surface area contributed by atoms with Crippen LogP contribution in [0.25, 0.3) is 0 Å². The smallest absolute Gasteiger partial charge is 0.298 e. The number of hydrogen-bond donors (Lipinski definition) is 3. The molecule has 0 aliphatic carbocycles. The normalized spacial score (nSPS) is 17.3. The lowest BCUT2D eigenvalue weighted by atomic mass is 9.83. The molecule has 2 heterocycles. The molecule has 0 aromatic heterocycles. The molecule has 2 aliphatic heterocycles. The van der Waals surface area contributed by atoms with Gasteiger partial charge in [-0.2, -0.15) is 5.10 Å². The Kier molecular flexibility index (Phi) is 6.77. The Morgan fingerprint density at radius 2 is 1.68 bits per heavy atom. The highest BCUT2D eigenvalue weighted by atomic mass is 16.6. The molecule has 37 heavy (non-hydrogen) atoms. The van der Waals surface area contributed by atoms with Gasteiger partial charge >= 0.3 is 0 Å². The van der Waals surface area contributed by atoms with Gasteiger partial charge in [-0.3, -0.25) is 35.1 Å². The molecule has 4 rings (SSSR count). The van der Waals surface area contributed by atoms with Crippen molar-refractivity contribution >= 4 is 23.5 Å². The molecule has 1 fully saturated rings. The number of nitro benzene ring substituents is 2. The number of fused-ring (bicyclic) bond motifs is 1. The molecular weight excluding hydrogens is 488 g/mol. The largest absolute Gasteiger partial charge is 0.385 e. The lowest BCUT2D eigenvalue weighted by molar-refractivity contribution is -0.433. The molecular formula is C22H20N8O7. The van der Waals surface area contributed by atoms with Crippen LogP contribution in [-0.4, -0.2) is 44.9 Å². The summed E-state index contributed by atoms with van der Waals surface area (Å²) in [6, 6.07) is 11.0. The first-order chi connectivity index (χ1) is 17.7. The zero-order valence-corrected chi connectivity index (χ0v) is 19.1. The molecule has 2 aromatic carbocycles. The highest BCUT2D eigenvalue weighted by molar-refractivity contribution is 5.97. The summed E-state index contributed by atoms with van der Waals surface area (Å²) < 4.78 is 0. The minimum absolute atomic E-state index is 0.0527. The number of carbonyl (C=O) groups excluding carboxylic acids is 1. The Balaban J connectivity index is 1.81. The van der Waals surface area contributed by atoms with Gasteiger partial charge in [-0.15, -0.1) is 0 Å². The molecule has 0 bridgehead atoms. The summed E-state index contributed by atoms with van der Waals surface area (Å²) in [5.74, 6) is -2.54. The third kappa shape index (κ3) is 4.64. The number of nitrogens with zero attached hydrogens (tertiary/aromatic N) is 5. The van der Waals surface area contributed by atoms with Gasteiger partial charge in [0.2, 0.25) is 0 Å². The van der Waals surface area contributed by atoms with Gasteiger partial charge in [0.15, 0.2) is 5.82 Å². The minimum atomic E-state index is -1.50. The third-order valence-corrected chi connectivity index (χ3v) is 5.88. The number of hydrazone groups is 1. The van der Waals surface area contributed by atoms with Gasteiger partial charge in [-0.1, -0.05) is 30.3 Å². The predicted molar refractivity (Wildman–Crippen MR) is 129 cm³/mol. The SMILES string of the molecule is NC1=C(C(=O)N/N=C/c2ccccc2[N+](=O)[O-])C(c2ccccc2[N+](=O)[O-])C([N+](=O)[O-])=C2NCCCN12. The molecule has 0 radical (unpaired) electrons. The van der Waals surface area contributed by atoms with Crippen molar-refractivity contribution in [2.75, 3.05) is 13.1 Å². The summed E-state index contributed by atoms with van der Waals surface area (Å²) in [6.45, 7) is 0.674. The van der Waals surface area contributed by atoms with Crippen LogP contribution in [0.1, 0.15) is 23.5 Å². The van der Waals surface area contributed by atoms with Crippen LogP contribution in [0, 0.1) is 30.3 Å². The summed E-state index contributed by atoms with van der Waals surface area (Å²) in [7, 11) is 0. The second kappa shape index (κ2) is 10.1. The summed E-state index contributed by atoms with van der Waals surface area (Å²) in [5.41, 5.74) is 7.07. The van der Waals surface area contributed by atoms with Gasteiger partial charge in [0.1, 0.15) is 11.7 Å². The number of rotatable bonds is 7. The van der Waals surface area contributed by atoms with Gasteiger partial charge in [-0.25, -0.2) is 5.43 Å². The first-order valence-corrected chi connectivity index (χ1v) is 10.9. The number of benzene rings is 2. The van der Waals surface area contributed by atoms with Crippen molar-refractivity contribution < 1.29 is 19.6 Å². The average molecular weight is 508 g/mol. The van der Waals surface area contributed by atoms with E-state index in [1.54, 1.807) is 6.07 Å². The van der Waals surface area contributed by atoms with E-state index >= 15 is 0 Å². The molecule has 1 saturated heterocycles. The van der Waals surface area contributed by atoms with Gasteiger partial charge < -0.3 is 16.0 Å². The molecule has 2 aromatic rings. The van der Waals surface area contributed by atoms with E-state index in [0.29, 0.717) is 13.0 Å². The maximum atomic E-state index is 13.4. The van der Waals surface area contributed by atoms with Crippen LogP contribution in [-0.2, 0) is 4.79 Å². The fraction of sp³-hybridized carbons (Fsp3) is 0.182. The molecule has 1 unspecified atom stereocenters. The fourth-order valence-electron chi connectivity index (χ4n) is 4.31. The van der Waals surface area contributed by atoms with Crippen molar-refractivity contribution in [2.45, 2.75) is 12.3 Å². The van der Waals surface area contributed by atoms with E-state index in [2.05, 4.69) is 15.8 Å². The highest BCUT2D eigenvalue weighted by Crippen LogP contribution is 2.43. The first kappa shape index (κ1) is 24.8. The molecule has 1 atom stereocenters. The van der Waals surface area contributed by atoms with Crippen molar-refractivity contribution in [3.63, 3.8) is 0 Å². The molecule has 0 spiro atoms. The van der Waals surface area contributed by atoms with E-state index in [0.717, 1.165) is 6.21 Å². The lowest BCUT2D eigenvalue weighted by Crippen LogP contribution is -2.48. The van der Waals surface area contributed by atoms with Crippen LogP contribution in [0.4, 0.5) is 11.4 Å². The van der Waals surface area contributed by atoms with Crippen LogP contribution >= 0.6 is 0 Å². The Hall–Kier alpha value is -5.34. The Bertz CT molecular complexity index is 1400. The van der Waals surface area contributed by atoms with Crippen LogP contribution in [0.15, 0.2) is 76.5 Å².